The summed E-state index contributed by atoms with van der Waals surface area (Å²) in [6.45, 7) is 4.42. The second kappa shape index (κ2) is 9.13. The van der Waals surface area contributed by atoms with Crippen molar-refractivity contribution >= 4 is 5.91 Å². The number of benzene rings is 3. The number of nitrogens with zero attached hydrogens (tertiary/aromatic N) is 2. The first kappa shape index (κ1) is 23.2. The van der Waals surface area contributed by atoms with Crippen molar-refractivity contribution in [3.8, 4) is 22.5 Å². The average molecular weight is 465 g/mol. The summed E-state index contributed by atoms with van der Waals surface area (Å²) < 4.78 is 42.5. The summed E-state index contributed by atoms with van der Waals surface area (Å²) in [5.74, 6) is -2.02. The standard InChI is InChI=1S/C26H22F3N3O2/c1-25(2,21-13-7-10-18(15-21)17-8-4-3-5-9-17)16-30-23(33)20-12-6-11-19(14-20)22-31-24(34-32-22)26(27,28)29/h3-15H,16H2,1-2H3,(H,30,33). The highest BCUT2D eigenvalue weighted by molar-refractivity contribution is 5.95. The maximum absolute atomic E-state index is 12.8. The molecule has 1 aromatic heterocycles. The smallest absolute Gasteiger partial charge is 0.351 e. The van der Waals surface area contributed by atoms with Crippen molar-refractivity contribution in [1.82, 2.24) is 15.5 Å². The summed E-state index contributed by atoms with van der Waals surface area (Å²) in [4.78, 5) is 16.2. The molecule has 0 spiro atoms. The van der Waals surface area contributed by atoms with Gasteiger partial charge < -0.3 is 9.84 Å². The van der Waals surface area contributed by atoms with Crippen LogP contribution in [-0.4, -0.2) is 22.6 Å². The Bertz CT molecular complexity index is 1300. The summed E-state index contributed by atoms with van der Waals surface area (Å²) in [6.07, 6.45) is -4.73. The number of nitrogens with one attached hydrogen (secondary N) is 1. The van der Waals surface area contributed by atoms with Crippen LogP contribution in [0.4, 0.5) is 13.2 Å². The van der Waals surface area contributed by atoms with Gasteiger partial charge >= 0.3 is 12.1 Å². The fourth-order valence-electron chi connectivity index (χ4n) is 3.51. The van der Waals surface area contributed by atoms with Gasteiger partial charge in [0.1, 0.15) is 0 Å². The number of carbonyl (C=O) groups is 1. The van der Waals surface area contributed by atoms with Gasteiger partial charge in [-0.2, -0.15) is 18.2 Å². The first-order chi connectivity index (χ1) is 16.1. The topological polar surface area (TPSA) is 68.0 Å². The molecule has 0 saturated carbocycles. The number of rotatable bonds is 6. The average Bonchev–Trinajstić information content (AvgIpc) is 3.35. The third-order valence-electron chi connectivity index (χ3n) is 5.49. The summed E-state index contributed by atoms with van der Waals surface area (Å²) in [7, 11) is 0. The highest BCUT2D eigenvalue weighted by Crippen LogP contribution is 2.30. The van der Waals surface area contributed by atoms with Crippen molar-refractivity contribution in [3.63, 3.8) is 0 Å². The molecule has 34 heavy (non-hydrogen) atoms. The lowest BCUT2D eigenvalue weighted by Crippen LogP contribution is -2.36. The largest absolute Gasteiger partial charge is 0.471 e. The Hall–Kier alpha value is -3.94. The van der Waals surface area contributed by atoms with Crippen LogP contribution in [0.2, 0.25) is 0 Å². The molecule has 0 bridgehead atoms. The number of hydrogen-bond donors (Lipinski definition) is 1. The van der Waals surface area contributed by atoms with E-state index in [9.17, 15) is 18.0 Å². The quantitative estimate of drug-likeness (QED) is 0.372. The molecular formula is C26H22F3N3O2. The Kier molecular flexibility index (Phi) is 6.24. The molecule has 1 amide bonds. The normalized spacial score (nSPS) is 11.9. The highest BCUT2D eigenvalue weighted by Gasteiger charge is 2.38. The number of alkyl halides is 3. The van der Waals surface area contributed by atoms with Gasteiger partial charge in [0.25, 0.3) is 5.91 Å². The molecule has 1 heterocycles. The van der Waals surface area contributed by atoms with E-state index >= 15 is 0 Å². The molecule has 1 N–H and O–H groups in total. The van der Waals surface area contributed by atoms with E-state index in [1.165, 1.54) is 12.1 Å². The van der Waals surface area contributed by atoms with Gasteiger partial charge in [-0.1, -0.05) is 85.7 Å². The van der Waals surface area contributed by atoms with E-state index in [1.807, 2.05) is 62.4 Å². The molecule has 0 unspecified atom stereocenters. The van der Waals surface area contributed by atoms with Crippen LogP contribution in [-0.2, 0) is 11.6 Å². The summed E-state index contributed by atoms with van der Waals surface area (Å²) in [5.41, 5.74) is 3.42. The Morgan fingerprint density at radius 2 is 1.56 bits per heavy atom. The van der Waals surface area contributed by atoms with Gasteiger partial charge in [0.15, 0.2) is 0 Å². The van der Waals surface area contributed by atoms with Crippen LogP contribution < -0.4 is 5.32 Å². The summed E-state index contributed by atoms with van der Waals surface area (Å²) in [5, 5.41) is 6.30. The molecule has 3 aromatic carbocycles. The first-order valence-electron chi connectivity index (χ1n) is 10.6. The van der Waals surface area contributed by atoms with Crippen molar-refractivity contribution in [2.24, 2.45) is 0 Å². The molecule has 174 valence electrons. The van der Waals surface area contributed by atoms with Crippen LogP contribution >= 0.6 is 0 Å². The van der Waals surface area contributed by atoms with Crippen LogP contribution in [0.15, 0.2) is 83.4 Å². The third kappa shape index (κ3) is 5.17. The maximum Gasteiger partial charge on any atom is 0.471 e. The predicted molar refractivity (Wildman–Crippen MR) is 122 cm³/mol. The van der Waals surface area contributed by atoms with Crippen molar-refractivity contribution in [2.45, 2.75) is 25.4 Å². The minimum absolute atomic E-state index is 0.236. The monoisotopic (exact) mass is 465 g/mol. The van der Waals surface area contributed by atoms with Crippen LogP contribution in [0, 0.1) is 0 Å². The lowest BCUT2D eigenvalue weighted by Gasteiger charge is -2.26. The molecule has 0 aliphatic carbocycles. The van der Waals surface area contributed by atoms with E-state index in [1.54, 1.807) is 12.1 Å². The molecule has 5 nitrogen and oxygen atoms in total. The molecule has 0 aliphatic heterocycles. The van der Waals surface area contributed by atoms with Crippen molar-refractivity contribution in [3.05, 3.63) is 95.9 Å². The van der Waals surface area contributed by atoms with Crippen LogP contribution in [0.3, 0.4) is 0 Å². The zero-order chi connectivity index (χ0) is 24.3. The Morgan fingerprint density at radius 1 is 0.882 bits per heavy atom. The molecule has 4 aromatic rings. The molecule has 0 aliphatic rings. The van der Waals surface area contributed by atoms with Gasteiger partial charge in [0.05, 0.1) is 0 Å². The minimum atomic E-state index is -4.73. The van der Waals surface area contributed by atoms with E-state index in [0.717, 1.165) is 16.7 Å². The Morgan fingerprint density at radius 3 is 2.26 bits per heavy atom. The number of aromatic nitrogens is 2. The van der Waals surface area contributed by atoms with Gasteiger partial charge in [-0.05, 0) is 28.8 Å². The fourth-order valence-corrected chi connectivity index (χ4v) is 3.51. The number of halogens is 3. The second-order valence-electron chi connectivity index (χ2n) is 8.52. The molecule has 8 heteroatoms. The predicted octanol–water partition coefficient (Wildman–Crippen LogP) is 6.13. The van der Waals surface area contributed by atoms with E-state index in [0.29, 0.717) is 6.54 Å². The van der Waals surface area contributed by atoms with E-state index in [-0.39, 0.29) is 28.3 Å². The summed E-state index contributed by atoms with van der Waals surface area (Å²) >= 11 is 0. The maximum atomic E-state index is 12.8. The van der Waals surface area contributed by atoms with E-state index in [4.69, 9.17) is 0 Å². The van der Waals surface area contributed by atoms with E-state index < -0.39 is 12.1 Å². The van der Waals surface area contributed by atoms with Crippen molar-refractivity contribution in [1.29, 1.82) is 0 Å². The number of amides is 1. The van der Waals surface area contributed by atoms with Crippen LogP contribution in [0.1, 0.15) is 35.7 Å². The minimum Gasteiger partial charge on any atom is -0.351 e. The van der Waals surface area contributed by atoms with Gasteiger partial charge in [-0.3, -0.25) is 4.79 Å². The van der Waals surface area contributed by atoms with Gasteiger partial charge in [0.2, 0.25) is 5.82 Å². The fraction of sp³-hybridized carbons (Fsp3) is 0.192. The third-order valence-corrected chi connectivity index (χ3v) is 5.49. The Labute approximate surface area is 194 Å². The second-order valence-corrected chi connectivity index (χ2v) is 8.52. The van der Waals surface area contributed by atoms with Crippen molar-refractivity contribution in [2.75, 3.05) is 6.54 Å². The van der Waals surface area contributed by atoms with Crippen LogP contribution in [0.25, 0.3) is 22.5 Å². The summed E-state index contributed by atoms with van der Waals surface area (Å²) in [6, 6.07) is 24.3. The molecular weight excluding hydrogens is 443 g/mol. The molecule has 0 fully saturated rings. The van der Waals surface area contributed by atoms with Crippen molar-refractivity contribution < 1.29 is 22.5 Å². The van der Waals surface area contributed by atoms with Gasteiger partial charge in [-0.15, -0.1) is 0 Å². The van der Waals surface area contributed by atoms with Crippen LogP contribution in [0.5, 0.6) is 0 Å². The lowest BCUT2D eigenvalue weighted by molar-refractivity contribution is -0.159. The number of carbonyl (C=O) groups excluding carboxylic acids is 1. The Balaban J connectivity index is 1.47. The SMILES string of the molecule is CC(C)(CNC(=O)c1cccc(-c2noc(C(F)(F)F)n2)c1)c1cccc(-c2ccccc2)c1. The van der Waals surface area contributed by atoms with Gasteiger partial charge in [-0.25, -0.2) is 0 Å². The van der Waals surface area contributed by atoms with Gasteiger partial charge in [0, 0.05) is 23.1 Å². The number of hydrogen-bond acceptors (Lipinski definition) is 4. The molecule has 0 radical (unpaired) electrons. The first-order valence-corrected chi connectivity index (χ1v) is 10.6. The molecule has 4 rings (SSSR count). The highest BCUT2D eigenvalue weighted by atomic mass is 19.4. The lowest BCUT2D eigenvalue weighted by atomic mass is 9.83. The van der Waals surface area contributed by atoms with E-state index in [2.05, 4.69) is 26.0 Å². The molecule has 0 saturated heterocycles. The molecule has 0 atom stereocenters. The zero-order valence-electron chi connectivity index (χ0n) is 18.6. The zero-order valence-corrected chi connectivity index (χ0v) is 18.6.